The molecule has 0 bridgehead atoms. The molecule has 0 fully saturated rings. The number of hydrogen-bond donors (Lipinski definition) is 2. The van der Waals surface area contributed by atoms with Gasteiger partial charge in [0.25, 0.3) is 5.91 Å². The highest BCUT2D eigenvalue weighted by Crippen LogP contribution is 2.19. The fourth-order valence-corrected chi connectivity index (χ4v) is 2.11. The number of methoxy groups -OCH3 is 1. The molecule has 0 saturated heterocycles. The monoisotopic (exact) mass is 303 g/mol. The van der Waals surface area contributed by atoms with E-state index in [9.17, 15) is 9.59 Å². The number of anilines is 1. The Balaban J connectivity index is 2.19. The molecule has 1 aromatic heterocycles. The summed E-state index contributed by atoms with van der Waals surface area (Å²) in [4.78, 5) is 23.2. The number of nitrogens with zero attached hydrogens (tertiary/aromatic N) is 2. The van der Waals surface area contributed by atoms with Crippen molar-refractivity contribution in [1.29, 1.82) is 0 Å². The van der Waals surface area contributed by atoms with Crippen LogP contribution in [-0.4, -0.2) is 33.9 Å². The lowest BCUT2D eigenvalue weighted by atomic mass is 10.1. The number of rotatable bonds is 6. The Morgan fingerprint density at radius 3 is 2.64 bits per heavy atom. The molecule has 7 nitrogen and oxygen atoms in total. The zero-order chi connectivity index (χ0) is 16.1. The summed E-state index contributed by atoms with van der Waals surface area (Å²) in [6.45, 7) is 1.39. The number of ether oxygens (including phenoxy) is 1. The summed E-state index contributed by atoms with van der Waals surface area (Å²) in [5.41, 5.74) is 1.33. The van der Waals surface area contributed by atoms with Crippen LogP contribution >= 0.6 is 0 Å². The minimum Gasteiger partial charge on any atom is -0.480 e. The summed E-state index contributed by atoms with van der Waals surface area (Å²) in [5, 5.41) is 15.6. The van der Waals surface area contributed by atoms with E-state index in [0.717, 1.165) is 0 Å². The number of aliphatic carboxylic acids is 1. The van der Waals surface area contributed by atoms with Gasteiger partial charge in [0.2, 0.25) is 0 Å². The minimum absolute atomic E-state index is 0.322. The zero-order valence-corrected chi connectivity index (χ0v) is 12.3. The van der Waals surface area contributed by atoms with E-state index in [4.69, 9.17) is 9.84 Å². The largest absolute Gasteiger partial charge is 0.480 e. The van der Waals surface area contributed by atoms with Gasteiger partial charge in [-0.25, -0.2) is 4.68 Å². The maximum atomic E-state index is 12.4. The van der Waals surface area contributed by atoms with Gasteiger partial charge < -0.3 is 15.2 Å². The number of aryl methyl sites for hydroxylation is 1. The number of aromatic nitrogens is 2. The third kappa shape index (κ3) is 3.70. The maximum Gasteiger partial charge on any atom is 0.325 e. The van der Waals surface area contributed by atoms with Crippen molar-refractivity contribution < 1.29 is 19.4 Å². The normalized spacial score (nSPS) is 11.9. The average molecular weight is 303 g/mol. The Labute approximate surface area is 127 Å². The second kappa shape index (κ2) is 6.86. The van der Waals surface area contributed by atoms with Gasteiger partial charge in [-0.15, -0.1) is 0 Å². The highest BCUT2D eigenvalue weighted by atomic mass is 16.5. The molecule has 0 radical (unpaired) electrons. The van der Waals surface area contributed by atoms with Gasteiger partial charge in [-0.05, 0) is 12.5 Å². The first-order chi connectivity index (χ1) is 10.5. The van der Waals surface area contributed by atoms with Crippen LogP contribution in [-0.2, 0) is 20.9 Å². The highest BCUT2D eigenvalue weighted by molar-refractivity contribution is 5.94. The lowest BCUT2D eigenvalue weighted by Gasteiger charge is -2.15. The number of hydrogen-bond acceptors (Lipinski definition) is 4. The standard InChI is InChI=1S/C15H17N3O4/c1-10-8-12(18(17-10)9-13(19)20)16-15(21)14(22-2)11-6-4-3-5-7-11/h3-8,14H,9H2,1-2H3,(H,16,21)(H,19,20)/t14-/m1/s1. The summed E-state index contributed by atoms with van der Waals surface area (Å²) >= 11 is 0. The van der Waals surface area contributed by atoms with Gasteiger partial charge in [-0.3, -0.25) is 9.59 Å². The van der Waals surface area contributed by atoms with Crippen molar-refractivity contribution in [2.75, 3.05) is 12.4 Å². The van der Waals surface area contributed by atoms with Gasteiger partial charge in [0.05, 0.1) is 5.69 Å². The number of nitrogens with one attached hydrogen (secondary N) is 1. The number of carboxylic acid groups (broad SMARTS) is 1. The predicted octanol–water partition coefficient (Wildman–Crippen LogP) is 1.60. The molecule has 2 N–H and O–H groups in total. The average Bonchev–Trinajstić information content (AvgIpc) is 2.79. The van der Waals surface area contributed by atoms with E-state index in [2.05, 4.69) is 10.4 Å². The lowest BCUT2D eigenvalue weighted by molar-refractivity contribution is -0.138. The first-order valence-electron chi connectivity index (χ1n) is 6.66. The van der Waals surface area contributed by atoms with Crippen molar-refractivity contribution >= 4 is 17.7 Å². The lowest BCUT2D eigenvalue weighted by Crippen LogP contribution is -2.25. The molecule has 0 aliphatic heterocycles. The molecule has 1 atom stereocenters. The fourth-order valence-electron chi connectivity index (χ4n) is 2.11. The van der Waals surface area contributed by atoms with Crippen molar-refractivity contribution in [3.8, 4) is 0 Å². The summed E-state index contributed by atoms with van der Waals surface area (Å²) in [5.74, 6) is -1.10. The number of carboxylic acids is 1. The van der Waals surface area contributed by atoms with Gasteiger partial charge in [0.15, 0.2) is 6.10 Å². The van der Waals surface area contributed by atoms with Crippen molar-refractivity contribution in [2.45, 2.75) is 19.6 Å². The summed E-state index contributed by atoms with van der Waals surface area (Å²) in [7, 11) is 1.44. The zero-order valence-electron chi connectivity index (χ0n) is 12.3. The Bertz CT molecular complexity index is 667. The second-order valence-electron chi connectivity index (χ2n) is 4.74. The Morgan fingerprint density at radius 2 is 2.05 bits per heavy atom. The molecule has 1 heterocycles. The van der Waals surface area contributed by atoms with E-state index in [1.807, 2.05) is 18.2 Å². The number of amides is 1. The summed E-state index contributed by atoms with van der Waals surface area (Å²) < 4.78 is 6.47. The molecule has 2 aromatic rings. The first-order valence-corrected chi connectivity index (χ1v) is 6.66. The smallest absolute Gasteiger partial charge is 0.325 e. The van der Waals surface area contributed by atoms with E-state index in [1.54, 1.807) is 25.1 Å². The highest BCUT2D eigenvalue weighted by Gasteiger charge is 2.21. The van der Waals surface area contributed by atoms with Crippen LogP contribution in [0.4, 0.5) is 5.82 Å². The molecule has 0 spiro atoms. The van der Waals surface area contributed by atoms with Crippen molar-refractivity contribution in [3.63, 3.8) is 0 Å². The fraction of sp³-hybridized carbons (Fsp3) is 0.267. The summed E-state index contributed by atoms with van der Waals surface area (Å²) in [6, 6.07) is 10.7. The van der Waals surface area contributed by atoms with E-state index >= 15 is 0 Å². The Kier molecular flexibility index (Phi) is 4.90. The molecule has 7 heteroatoms. The molecule has 0 unspecified atom stereocenters. The quantitative estimate of drug-likeness (QED) is 0.845. The van der Waals surface area contributed by atoms with Gasteiger partial charge in [0, 0.05) is 13.2 Å². The number of carbonyl (C=O) groups excluding carboxylic acids is 1. The molecule has 1 amide bonds. The van der Waals surface area contributed by atoms with Gasteiger partial charge in [-0.1, -0.05) is 30.3 Å². The van der Waals surface area contributed by atoms with Crippen molar-refractivity contribution in [3.05, 3.63) is 47.7 Å². The SMILES string of the molecule is CO[C@@H](C(=O)Nc1cc(C)nn1CC(=O)O)c1ccccc1. The third-order valence-corrected chi connectivity index (χ3v) is 3.01. The van der Waals surface area contributed by atoms with Gasteiger partial charge >= 0.3 is 5.97 Å². The second-order valence-corrected chi connectivity index (χ2v) is 4.74. The minimum atomic E-state index is -1.04. The van der Waals surface area contributed by atoms with Crippen LogP contribution in [0.1, 0.15) is 17.4 Å². The number of benzene rings is 1. The molecule has 2 rings (SSSR count). The Morgan fingerprint density at radius 1 is 1.36 bits per heavy atom. The van der Waals surface area contributed by atoms with Crippen LogP contribution in [0.25, 0.3) is 0 Å². The number of carbonyl (C=O) groups is 2. The van der Waals surface area contributed by atoms with Crippen LogP contribution in [0.5, 0.6) is 0 Å². The molecule has 116 valence electrons. The van der Waals surface area contributed by atoms with E-state index in [0.29, 0.717) is 17.1 Å². The van der Waals surface area contributed by atoms with Crippen LogP contribution in [0.15, 0.2) is 36.4 Å². The molecular weight excluding hydrogens is 286 g/mol. The van der Waals surface area contributed by atoms with E-state index < -0.39 is 12.1 Å². The summed E-state index contributed by atoms with van der Waals surface area (Å²) in [6.07, 6.45) is -0.783. The molecule has 0 aliphatic carbocycles. The van der Waals surface area contributed by atoms with Gasteiger partial charge in [0.1, 0.15) is 12.4 Å². The Hall–Kier alpha value is -2.67. The third-order valence-electron chi connectivity index (χ3n) is 3.01. The van der Waals surface area contributed by atoms with Crippen molar-refractivity contribution in [1.82, 2.24) is 9.78 Å². The topological polar surface area (TPSA) is 93.5 Å². The van der Waals surface area contributed by atoms with Crippen LogP contribution in [0.3, 0.4) is 0 Å². The molecular formula is C15H17N3O4. The maximum absolute atomic E-state index is 12.4. The van der Waals surface area contributed by atoms with Crippen LogP contribution in [0.2, 0.25) is 0 Å². The predicted molar refractivity (Wildman–Crippen MR) is 79.4 cm³/mol. The van der Waals surface area contributed by atoms with Crippen LogP contribution < -0.4 is 5.32 Å². The molecule has 0 saturated carbocycles. The molecule has 0 aliphatic rings. The molecule has 1 aromatic carbocycles. The van der Waals surface area contributed by atoms with E-state index in [1.165, 1.54) is 11.8 Å². The van der Waals surface area contributed by atoms with E-state index in [-0.39, 0.29) is 12.5 Å². The van der Waals surface area contributed by atoms with Gasteiger partial charge in [-0.2, -0.15) is 5.10 Å². The van der Waals surface area contributed by atoms with Crippen LogP contribution in [0, 0.1) is 6.92 Å². The molecule has 22 heavy (non-hydrogen) atoms. The van der Waals surface area contributed by atoms with Crippen molar-refractivity contribution in [2.24, 2.45) is 0 Å². The first kappa shape index (κ1) is 15.7.